The summed E-state index contributed by atoms with van der Waals surface area (Å²) >= 11 is 3.89. The second-order valence-corrected chi connectivity index (χ2v) is 14.6. The molecule has 2 heterocycles. The number of carbonyl (C=O) groups excluding carboxylic acids is 1. The van der Waals surface area contributed by atoms with Gasteiger partial charge in [0.15, 0.2) is 5.78 Å². The molecule has 56 heavy (non-hydrogen) atoms. The molecule has 0 aliphatic rings. The Hall–Kier alpha value is -5.54. The molecule has 7 nitrogen and oxygen atoms in total. The lowest BCUT2D eigenvalue weighted by molar-refractivity contribution is 0.00575. The highest BCUT2D eigenvalue weighted by Gasteiger charge is 2.38. The van der Waals surface area contributed by atoms with Crippen LogP contribution in [0, 0.1) is 5.92 Å². The Morgan fingerprint density at radius 3 is 1.96 bits per heavy atom. The molecule has 0 bridgehead atoms. The van der Waals surface area contributed by atoms with Crippen molar-refractivity contribution in [2.75, 3.05) is 20.8 Å². The van der Waals surface area contributed by atoms with E-state index in [-0.39, 0.29) is 18.3 Å². The number of aliphatic hydroxyl groups excluding tert-OH is 1. The lowest BCUT2D eigenvalue weighted by atomic mass is 9.80. The number of nitrogens with zero attached hydrogens (tertiary/aromatic N) is 2. The van der Waals surface area contributed by atoms with Crippen molar-refractivity contribution in [1.82, 2.24) is 9.55 Å². The van der Waals surface area contributed by atoms with Crippen LogP contribution in [-0.4, -0.2) is 41.3 Å². The lowest BCUT2D eigenvalue weighted by Gasteiger charge is -2.36. The van der Waals surface area contributed by atoms with E-state index in [0.717, 1.165) is 65.8 Å². The second-order valence-electron chi connectivity index (χ2n) is 13.8. The third kappa shape index (κ3) is 7.78. The predicted molar refractivity (Wildman–Crippen MR) is 225 cm³/mol. The van der Waals surface area contributed by atoms with Crippen LogP contribution in [0.4, 0.5) is 0 Å². The fraction of sp³-hybridized carbons (Fsp3) is 0.208. The van der Waals surface area contributed by atoms with Crippen LogP contribution in [-0.2, 0) is 23.5 Å². The van der Waals surface area contributed by atoms with Crippen LogP contribution in [0.25, 0.3) is 22.0 Å². The number of aliphatic hydroxyl groups is 1. The van der Waals surface area contributed by atoms with Gasteiger partial charge in [-0.1, -0.05) is 104 Å². The van der Waals surface area contributed by atoms with Crippen LogP contribution in [0.2, 0.25) is 0 Å². The average molecular weight is 810 g/mol. The summed E-state index contributed by atoms with van der Waals surface area (Å²) in [6.07, 6.45) is 4.74. The number of halogens is 1. The number of hydrogen-bond acceptors (Lipinski definition) is 6. The SMILES string of the molecule is CCC(CCOC(c1ccccc1)(c1ccc(OC)cc1)c1ccc(OC)cc1)C(=O)c1c(Br)c2ccc(-c3cccnc3)cc2n1Cc1ccc(CO)cc1. The molecule has 0 saturated carbocycles. The monoisotopic (exact) mass is 808 g/mol. The molecule has 0 spiro atoms. The Kier molecular flexibility index (Phi) is 12.1. The molecule has 0 aliphatic heterocycles. The molecule has 2 aromatic heterocycles. The molecular weight excluding hydrogens is 764 g/mol. The Morgan fingerprint density at radius 2 is 1.39 bits per heavy atom. The van der Waals surface area contributed by atoms with Gasteiger partial charge < -0.3 is 23.9 Å². The molecule has 7 rings (SSSR count). The van der Waals surface area contributed by atoms with Gasteiger partial charge in [0.1, 0.15) is 22.8 Å². The normalized spacial score (nSPS) is 12.1. The summed E-state index contributed by atoms with van der Waals surface area (Å²) < 4.78 is 21.1. The van der Waals surface area contributed by atoms with Gasteiger partial charge in [-0.15, -0.1) is 0 Å². The number of methoxy groups -OCH3 is 2. The number of pyridine rings is 1. The Morgan fingerprint density at radius 1 is 0.768 bits per heavy atom. The van der Waals surface area contributed by atoms with Crippen molar-refractivity contribution in [2.45, 2.75) is 38.5 Å². The summed E-state index contributed by atoms with van der Waals surface area (Å²) in [4.78, 5) is 19.3. The van der Waals surface area contributed by atoms with Crippen molar-refractivity contribution in [2.24, 2.45) is 5.92 Å². The zero-order valence-corrected chi connectivity index (χ0v) is 33.4. The number of carbonyl (C=O) groups is 1. The first kappa shape index (κ1) is 38.7. The fourth-order valence-electron chi connectivity index (χ4n) is 7.50. The second kappa shape index (κ2) is 17.5. The summed E-state index contributed by atoms with van der Waals surface area (Å²) in [5, 5.41) is 10.6. The third-order valence-corrected chi connectivity index (χ3v) is 11.4. The molecule has 0 radical (unpaired) electrons. The van der Waals surface area contributed by atoms with Gasteiger partial charge in [-0.05, 0) is 98.6 Å². The number of fused-ring (bicyclic) bond motifs is 1. The summed E-state index contributed by atoms with van der Waals surface area (Å²) in [7, 11) is 3.32. The minimum Gasteiger partial charge on any atom is -0.497 e. The Balaban J connectivity index is 1.27. The number of rotatable bonds is 16. The lowest BCUT2D eigenvalue weighted by Crippen LogP contribution is -2.34. The summed E-state index contributed by atoms with van der Waals surface area (Å²) in [6, 6.07) is 44.3. The van der Waals surface area contributed by atoms with E-state index in [1.54, 1.807) is 20.4 Å². The van der Waals surface area contributed by atoms with E-state index in [0.29, 0.717) is 31.7 Å². The molecule has 5 aromatic carbocycles. The molecule has 0 fully saturated rings. The molecule has 0 aliphatic carbocycles. The third-order valence-electron chi connectivity index (χ3n) is 10.6. The summed E-state index contributed by atoms with van der Waals surface area (Å²) in [5.74, 6) is 1.22. The summed E-state index contributed by atoms with van der Waals surface area (Å²) in [5.41, 5.74) is 7.30. The molecule has 0 saturated heterocycles. The highest BCUT2D eigenvalue weighted by molar-refractivity contribution is 9.10. The number of ether oxygens (including phenoxy) is 3. The van der Waals surface area contributed by atoms with Crippen LogP contribution in [0.15, 0.2) is 150 Å². The number of benzene rings is 5. The van der Waals surface area contributed by atoms with Crippen molar-refractivity contribution < 1.29 is 24.1 Å². The Labute approximate surface area is 336 Å². The van der Waals surface area contributed by atoms with E-state index in [4.69, 9.17) is 14.2 Å². The maximum absolute atomic E-state index is 15.0. The van der Waals surface area contributed by atoms with Crippen LogP contribution in [0.5, 0.6) is 11.5 Å². The van der Waals surface area contributed by atoms with Crippen molar-refractivity contribution in [3.05, 3.63) is 184 Å². The standard InChI is InChI=1S/C48H45BrN2O5/c1-4-35(26-28-56-48(38-10-6-5-7-11-38,39-17-21-41(54-2)22-18-39)40-19-23-42(55-3)24-20-40)47(53)46-45(49)43-25-16-36(37-9-8-27-50-30-37)29-44(43)51(46)31-33-12-14-34(32-52)15-13-33/h5-25,27,29-30,35,52H,4,26,28,31-32H2,1-3H3. The van der Waals surface area contributed by atoms with Gasteiger partial charge >= 0.3 is 0 Å². The topological polar surface area (TPSA) is 82.8 Å². The molecule has 8 heteroatoms. The van der Waals surface area contributed by atoms with Crippen LogP contribution >= 0.6 is 15.9 Å². The number of Topliss-reactive ketones (excluding diaryl/α,β-unsaturated/α-hetero) is 1. The Bertz CT molecular complexity index is 2330. The van der Waals surface area contributed by atoms with Crippen molar-refractivity contribution in [3.63, 3.8) is 0 Å². The van der Waals surface area contributed by atoms with E-state index in [2.05, 4.69) is 62.7 Å². The molecular formula is C48H45BrN2O5. The quantitative estimate of drug-likeness (QED) is 0.0773. The van der Waals surface area contributed by atoms with Gasteiger partial charge in [0, 0.05) is 42.4 Å². The van der Waals surface area contributed by atoms with E-state index < -0.39 is 5.60 Å². The van der Waals surface area contributed by atoms with Crippen LogP contribution in [0.1, 0.15) is 58.1 Å². The maximum Gasteiger partial charge on any atom is 0.183 e. The molecule has 1 unspecified atom stereocenters. The molecule has 7 aromatic rings. The molecule has 1 atom stereocenters. The van der Waals surface area contributed by atoms with E-state index in [1.807, 2.05) is 109 Å². The highest BCUT2D eigenvalue weighted by atomic mass is 79.9. The van der Waals surface area contributed by atoms with Crippen LogP contribution in [0.3, 0.4) is 0 Å². The van der Waals surface area contributed by atoms with E-state index >= 15 is 0 Å². The smallest absolute Gasteiger partial charge is 0.183 e. The van der Waals surface area contributed by atoms with Gasteiger partial charge in [0.05, 0.1) is 30.8 Å². The molecule has 1 N–H and O–H groups in total. The van der Waals surface area contributed by atoms with Gasteiger partial charge in [-0.25, -0.2) is 0 Å². The number of ketones is 1. The number of aromatic nitrogens is 2. The highest BCUT2D eigenvalue weighted by Crippen LogP contribution is 2.43. The minimum absolute atomic E-state index is 0.0285. The van der Waals surface area contributed by atoms with Crippen LogP contribution < -0.4 is 9.47 Å². The number of hydrogen-bond donors (Lipinski definition) is 1. The molecule has 0 amide bonds. The van der Waals surface area contributed by atoms with E-state index in [9.17, 15) is 9.90 Å². The van der Waals surface area contributed by atoms with Gasteiger partial charge in [0.2, 0.25) is 0 Å². The zero-order valence-electron chi connectivity index (χ0n) is 31.8. The van der Waals surface area contributed by atoms with Gasteiger partial charge in [-0.2, -0.15) is 0 Å². The van der Waals surface area contributed by atoms with E-state index in [1.165, 1.54) is 0 Å². The first-order chi connectivity index (χ1) is 27.4. The van der Waals surface area contributed by atoms with Crippen molar-refractivity contribution >= 4 is 32.6 Å². The van der Waals surface area contributed by atoms with Crippen molar-refractivity contribution in [1.29, 1.82) is 0 Å². The first-order valence-corrected chi connectivity index (χ1v) is 19.6. The zero-order chi connectivity index (χ0) is 39.1. The van der Waals surface area contributed by atoms with Gasteiger partial charge in [-0.3, -0.25) is 9.78 Å². The fourth-order valence-corrected chi connectivity index (χ4v) is 8.25. The largest absolute Gasteiger partial charge is 0.497 e. The average Bonchev–Trinajstić information content (AvgIpc) is 3.54. The van der Waals surface area contributed by atoms with Crippen molar-refractivity contribution in [3.8, 4) is 22.6 Å². The van der Waals surface area contributed by atoms with Gasteiger partial charge in [0.25, 0.3) is 0 Å². The first-order valence-electron chi connectivity index (χ1n) is 18.8. The summed E-state index contributed by atoms with van der Waals surface area (Å²) in [6.45, 7) is 2.82. The minimum atomic E-state index is -0.986. The predicted octanol–water partition coefficient (Wildman–Crippen LogP) is 10.6. The maximum atomic E-state index is 15.0. The molecule has 284 valence electrons.